The molecule has 1 atom stereocenters. The lowest BCUT2D eigenvalue weighted by molar-refractivity contribution is -0.123. The highest BCUT2D eigenvalue weighted by molar-refractivity contribution is 8.26. The maximum Gasteiger partial charge on any atom is 0.267 e. The van der Waals surface area contributed by atoms with E-state index in [1.165, 1.54) is 16.2 Å². The third-order valence-electron chi connectivity index (χ3n) is 5.05. The molecule has 2 aliphatic heterocycles. The zero-order chi connectivity index (χ0) is 20.7. The van der Waals surface area contributed by atoms with Gasteiger partial charge >= 0.3 is 0 Å². The molecule has 9 heteroatoms. The number of hydrogen-bond donors (Lipinski definition) is 0. The average Bonchev–Trinajstić information content (AvgIpc) is 3.28. The van der Waals surface area contributed by atoms with Crippen LogP contribution in [0.3, 0.4) is 0 Å². The predicted octanol–water partition coefficient (Wildman–Crippen LogP) is 2.45. The quantitative estimate of drug-likeness (QED) is 0.545. The molecule has 0 N–H and O–H groups in total. The van der Waals surface area contributed by atoms with Crippen LogP contribution in [0.15, 0.2) is 28.0 Å². The Hall–Kier alpha value is -2.23. The van der Waals surface area contributed by atoms with E-state index in [2.05, 4.69) is 4.98 Å². The van der Waals surface area contributed by atoms with Gasteiger partial charge in [-0.3, -0.25) is 18.9 Å². The second kappa shape index (κ2) is 7.89. The number of fused-ring (bicyclic) bond motifs is 1. The molecule has 7 nitrogen and oxygen atoms in total. The molecule has 0 bridgehead atoms. The van der Waals surface area contributed by atoms with Crippen LogP contribution in [0.4, 0.5) is 5.82 Å². The molecular formula is C20H22N4O3S2. The summed E-state index contributed by atoms with van der Waals surface area (Å²) in [6, 6.07) is 3.72. The van der Waals surface area contributed by atoms with Gasteiger partial charge in [-0.1, -0.05) is 30.0 Å². The largest absolute Gasteiger partial charge is 0.376 e. The van der Waals surface area contributed by atoms with E-state index < -0.39 is 0 Å². The number of anilines is 1. The van der Waals surface area contributed by atoms with Crippen LogP contribution in [0.25, 0.3) is 11.7 Å². The van der Waals surface area contributed by atoms with Crippen LogP contribution in [-0.2, 0) is 9.53 Å². The number of pyridine rings is 1. The van der Waals surface area contributed by atoms with E-state index in [9.17, 15) is 9.59 Å². The molecule has 29 heavy (non-hydrogen) atoms. The third-order valence-corrected chi connectivity index (χ3v) is 6.42. The highest BCUT2D eigenvalue weighted by atomic mass is 32.2. The number of rotatable bonds is 4. The average molecular weight is 431 g/mol. The summed E-state index contributed by atoms with van der Waals surface area (Å²) in [5.41, 5.74) is 1.66. The van der Waals surface area contributed by atoms with E-state index in [1.54, 1.807) is 22.1 Å². The highest BCUT2D eigenvalue weighted by Crippen LogP contribution is 2.34. The summed E-state index contributed by atoms with van der Waals surface area (Å²) < 4.78 is 7.65. The monoisotopic (exact) mass is 430 g/mol. The zero-order valence-electron chi connectivity index (χ0n) is 16.5. The van der Waals surface area contributed by atoms with Crippen molar-refractivity contribution in [2.24, 2.45) is 0 Å². The van der Waals surface area contributed by atoms with Gasteiger partial charge in [0.1, 0.15) is 15.8 Å². The van der Waals surface area contributed by atoms with Crippen LogP contribution >= 0.6 is 24.0 Å². The summed E-state index contributed by atoms with van der Waals surface area (Å²) in [7, 11) is 3.66. The fourth-order valence-corrected chi connectivity index (χ4v) is 4.80. The molecule has 2 aromatic rings. The molecule has 0 aromatic carbocycles. The molecular weight excluding hydrogens is 408 g/mol. The first-order valence-corrected chi connectivity index (χ1v) is 10.7. The number of hydrogen-bond acceptors (Lipinski definition) is 7. The number of amides is 1. The van der Waals surface area contributed by atoms with Gasteiger partial charge in [0.05, 0.1) is 23.1 Å². The van der Waals surface area contributed by atoms with Gasteiger partial charge in [0.25, 0.3) is 11.5 Å². The minimum atomic E-state index is -0.216. The molecule has 0 spiro atoms. The molecule has 2 aliphatic rings. The Balaban J connectivity index is 1.76. The van der Waals surface area contributed by atoms with Crippen molar-refractivity contribution in [1.29, 1.82) is 0 Å². The summed E-state index contributed by atoms with van der Waals surface area (Å²) in [5, 5.41) is 0. The number of thioether (sulfide) groups is 1. The Morgan fingerprint density at radius 2 is 2.21 bits per heavy atom. The zero-order valence-corrected chi connectivity index (χ0v) is 18.2. The fourth-order valence-electron chi connectivity index (χ4n) is 3.55. The van der Waals surface area contributed by atoms with Crippen LogP contribution in [0.1, 0.15) is 24.0 Å². The van der Waals surface area contributed by atoms with E-state index in [-0.39, 0.29) is 17.6 Å². The molecule has 1 amide bonds. The Kier molecular flexibility index (Phi) is 5.46. The van der Waals surface area contributed by atoms with Crippen LogP contribution in [0.2, 0.25) is 0 Å². The molecule has 2 fully saturated rings. The van der Waals surface area contributed by atoms with Gasteiger partial charge in [0.2, 0.25) is 0 Å². The number of aryl methyl sites for hydroxylation is 1. The first kappa shape index (κ1) is 20.1. The number of nitrogens with zero attached hydrogens (tertiary/aromatic N) is 4. The van der Waals surface area contributed by atoms with Gasteiger partial charge in [-0.15, -0.1) is 0 Å². The lowest BCUT2D eigenvalue weighted by Gasteiger charge is -2.18. The summed E-state index contributed by atoms with van der Waals surface area (Å²) in [6.45, 7) is 3.09. The van der Waals surface area contributed by atoms with Crippen molar-refractivity contribution in [3.8, 4) is 0 Å². The van der Waals surface area contributed by atoms with Crippen LogP contribution < -0.4 is 10.5 Å². The highest BCUT2D eigenvalue weighted by Gasteiger charge is 2.35. The summed E-state index contributed by atoms with van der Waals surface area (Å²) in [4.78, 5) is 34.7. The Bertz CT molecular complexity index is 1090. The second-order valence-corrected chi connectivity index (χ2v) is 9.04. The molecule has 0 radical (unpaired) electrons. The second-order valence-electron chi connectivity index (χ2n) is 7.36. The topological polar surface area (TPSA) is 67.2 Å². The molecule has 2 aromatic heterocycles. The third kappa shape index (κ3) is 3.70. The maximum atomic E-state index is 13.2. The number of thiocarbonyl (C=S) groups is 1. The minimum absolute atomic E-state index is 0.0186. The van der Waals surface area contributed by atoms with Crippen molar-refractivity contribution in [3.63, 3.8) is 0 Å². The van der Waals surface area contributed by atoms with Gasteiger partial charge in [-0.2, -0.15) is 0 Å². The smallest absolute Gasteiger partial charge is 0.267 e. The summed E-state index contributed by atoms with van der Waals surface area (Å²) in [5.74, 6) is 0.336. The lowest BCUT2D eigenvalue weighted by Crippen LogP contribution is -2.35. The van der Waals surface area contributed by atoms with Crippen LogP contribution in [-0.4, -0.2) is 57.9 Å². The van der Waals surface area contributed by atoms with Gasteiger partial charge in [0.15, 0.2) is 0 Å². The maximum absolute atomic E-state index is 13.2. The van der Waals surface area contributed by atoms with Crippen molar-refractivity contribution in [2.75, 3.05) is 32.1 Å². The van der Waals surface area contributed by atoms with Crippen LogP contribution in [0, 0.1) is 6.92 Å². The van der Waals surface area contributed by atoms with E-state index in [0.29, 0.717) is 32.8 Å². The standard InChI is InChI=1S/C20H22N4O3S2/c1-12-6-4-8-23-16(12)21-17(22(2)3)14(18(23)25)10-15-19(26)24(20(28)29-15)11-13-7-5-9-27-13/h4,6,8,10,13H,5,7,9,11H2,1-3H3/b15-10-/t13-/m1/s1. The number of carbonyl (C=O) groups is 1. The van der Waals surface area contributed by atoms with Crippen molar-refractivity contribution in [1.82, 2.24) is 14.3 Å². The molecule has 2 saturated heterocycles. The number of carbonyl (C=O) groups excluding carboxylic acids is 1. The van der Waals surface area contributed by atoms with Crippen molar-refractivity contribution in [2.45, 2.75) is 25.9 Å². The molecule has 4 heterocycles. The molecule has 152 valence electrons. The minimum Gasteiger partial charge on any atom is -0.376 e. The lowest BCUT2D eigenvalue weighted by atomic mass is 10.2. The molecule has 4 rings (SSSR count). The molecule has 0 aliphatic carbocycles. The van der Waals surface area contributed by atoms with Crippen molar-refractivity contribution in [3.05, 3.63) is 44.7 Å². The van der Waals surface area contributed by atoms with E-state index >= 15 is 0 Å². The predicted molar refractivity (Wildman–Crippen MR) is 119 cm³/mol. The summed E-state index contributed by atoms with van der Waals surface area (Å²) in [6.07, 6.45) is 5.26. The Labute approximate surface area is 178 Å². The first-order valence-electron chi connectivity index (χ1n) is 9.43. The van der Waals surface area contributed by atoms with Crippen LogP contribution in [0.5, 0.6) is 0 Å². The number of aromatic nitrogens is 2. The van der Waals surface area contributed by atoms with E-state index in [4.69, 9.17) is 17.0 Å². The van der Waals surface area contributed by atoms with Crippen molar-refractivity contribution < 1.29 is 9.53 Å². The Morgan fingerprint density at radius 1 is 1.41 bits per heavy atom. The van der Waals surface area contributed by atoms with Gasteiger partial charge in [-0.25, -0.2) is 4.98 Å². The first-order chi connectivity index (χ1) is 13.9. The van der Waals surface area contributed by atoms with Gasteiger partial charge < -0.3 is 9.64 Å². The fraction of sp³-hybridized carbons (Fsp3) is 0.400. The van der Waals surface area contributed by atoms with Gasteiger partial charge in [-0.05, 0) is 37.5 Å². The normalized spacial score (nSPS) is 21.0. The van der Waals surface area contributed by atoms with E-state index in [1.807, 2.05) is 33.2 Å². The Morgan fingerprint density at radius 3 is 2.90 bits per heavy atom. The van der Waals surface area contributed by atoms with Gasteiger partial charge in [0, 0.05) is 26.9 Å². The van der Waals surface area contributed by atoms with E-state index in [0.717, 1.165) is 25.0 Å². The molecule has 0 saturated carbocycles. The van der Waals surface area contributed by atoms with Crippen molar-refractivity contribution >= 4 is 51.7 Å². The SMILES string of the molecule is Cc1cccn2c(=O)c(/C=C3\SC(=S)N(C[C@H]4CCCO4)C3=O)c(N(C)C)nc12. The molecule has 0 unspecified atom stereocenters. The number of ether oxygens (including phenoxy) is 1. The summed E-state index contributed by atoms with van der Waals surface area (Å²) >= 11 is 6.64.